The van der Waals surface area contributed by atoms with E-state index in [-0.39, 0.29) is 0 Å². The van der Waals surface area contributed by atoms with Gasteiger partial charge in [0.05, 0.1) is 16.7 Å². The third kappa shape index (κ3) is 1.29. The highest BCUT2D eigenvalue weighted by molar-refractivity contribution is 5.78. The highest BCUT2D eigenvalue weighted by Crippen LogP contribution is 2.20. The second-order valence-corrected chi connectivity index (χ2v) is 3.69. The van der Waals surface area contributed by atoms with E-state index in [1.165, 1.54) is 0 Å². The second kappa shape index (κ2) is 3.45. The topological polar surface area (TPSA) is 30.7 Å². The molecule has 1 aromatic carbocycles. The van der Waals surface area contributed by atoms with Crippen LogP contribution in [0.4, 0.5) is 0 Å². The van der Waals surface area contributed by atoms with Gasteiger partial charge < -0.3 is 0 Å². The van der Waals surface area contributed by atoms with E-state index in [2.05, 4.69) is 20.6 Å². The van der Waals surface area contributed by atoms with Crippen molar-refractivity contribution in [3.8, 4) is 5.69 Å². The maximum absolute atomic E-state index is 4.53. The van der Waals surface area contributed by atoms with E-state index in [0.29, 0.717) is 0 Å². The molecule has 2 heterocycles. The monoisotopic (exact) mass is 209 g/mol. The summed E-state index contributed by atoms with van der Waals surface area (Å²) in [6, 6.07) is 12.1. The van der Waals surface area contributed by atoms with Crippen LogP contribution in [0.1, 0.15) is 5.82 Å². The van der Waals surface area contributed by atoms with Crippen molar-refractivity contribution in [3.05, 3.63) is 54.6 Å². The second-order valence-electron chi connectivity index (χ2n) is 3.69. The van der Waals surface area contributed by atoms with Crippen LogP contribution >= 0.6 is 0 Å². The third-order valence-electron chi connectivity index (χ3n) is 2.65. The van der Waals surface area contributed by atoms with Gasteiger partial charge in [0, 0.05) is 12.4 Å². The van der Waals surface area contributed by atoms with Crippen molar-refractivity contribution >= 4 is 11.0 Å². The van der Waals surface area contributed by atoms with Crippen molar-refractivity contribution in [2.45, 2.75) is 6.92 Å². The van der Waals surface area contributed by atoms with Crippen molar-refractivity contribution in [1.82, 2.24) is 14.5 Å². The molecule has 0 aliphatic rings. The molecule has 3 nitrogen and oxygen atoms in total. The normalized spacial score (nSPS) is 10.8. The lowest BCUT2D eigenvalue weighted by molar-refractivity contribution is 0.996. The van der Waals surface area contributed by atoms with Crippen molar-refractivity contribution < 1.29 is 0 Å². The van der Waals surface area contributed by atoms with Crippen LogP contribution in [0.5, 0.6) is 0 Å². The number of aryl methyl sites for hydroxylation is 1. The van der Waals surface area contributed by atoms with E-state index in [1.54, 1.807) is 12.4 Å². The van der Waals surface area contributed by atoms with Crippen LogP contribution in [-0.2, 0) is 0 Å². The van der Waals surface area contributed by atoms with Gasteiger partial charge in [0.15, 0.2) is 0 Å². The molecule has 3 rings (SSSR count). The van der Waals surface area contributed by atoms with Crippen molar-refractivity contribution in [2.75, 3.05) is 0 Å². The standard InChI is InChI=1S/C13H11N3/c1-10-15-12-4-2-3-5-13(12)16(10)11-6-8-14-9-7-11/h2-9H,1H3. The first-order chi connectivity index (χ1) is 7.86. The Morgan fingerprint density at radius 1 is 1.00 bits per heavy atom. The lowest BCUT2D eigenvalue weighted by Gasteiger charge is -2.05. The number of hydrogen-bond donors (Lipinski definition) is 0. The Morgan fingerprint density at radius 3 is 2.56 bits per heavy atom. The number of benzene rings is 1. The van der Waals surface area contributed by atoms with Gasteiger partial charge >= 0.3 is 0 Å². The minimum atomic E-state index is 0.993. The molecule has 78 valence electrons. The van der Waals surface area contributed by atoms with Gasteiger partial charge in [-0.25, -0.2) is 4.98 Å². The molecular weight excluding hydrogens is 198 g/mol. The van der Waals surface area contributed by atoms with Gasteiger partial charge in [-0.05, 0) is 31.2 Å². The summed E-state index contributed by atoms with van der Waals surface area (Å²) in [5.41, 5.74) is 3.25. The zero-order valence-electron chi connectivity index (χ0n) is 8.96. The van der Waals surface area contributed by atoms with Gasteiger partial charge in [-0.15, -0.1) is 0 Å². The zero-order chi connectivity index (χ0) is 11.0. The largest absolute Gasteiger partial charge is 0.296 e. The third-order valence-corrected chi connectivity index (χ3v) is 2.65. The van der Waals surface area contributed by atoms with Gasteiger partial charge in [0.1, 0.15) is 5.82 Å². The van der Waals surface area contributed by atoms with Gasteiger partial charge in [-0.1, -0.05) is 12.1 Å². The number of aromatic nitrogens is 3. The fraction of sp³-hybridized carbons (Fsp3) is 0.0769. The highest BCUT2D eigenvalue weighted by Gasteiger charge is 2.07. The van der Waals surface area contributed by atoms with E-state index in [9.17, 15) is 0 Å². The number of fused-ring (bicyclic) bond motifs is 1. The molecule has 0 N–H and O–H groups in total. The first-order valence-electron chi connectivity index (χ1n) is 5.21. The van der Waals surface area contributed by atoms with Crippen LogP contribution in [0.15, 0.2) is 48.8 Å². The number of para-hydroxylation sites is 2. The summed E-state index contributed by atoms with van der Waals surface area (Å²) in [6.07, 6.45) is 3.59. The SMILES string of the molecule is Cc1nc2ccccc2n1-c1ccncc1. The van der Waals surface area contributed by atoms with Crippen molar-refractivity contribution in [3.63, 3.8) is 0 Å². The van der Waals surface area contributed by atoms with Crippen LogP contribution in [0.25, 0.3) is 16.7 Å². The first kappa shape index (κ1) is 9.09. The van der Waals surface area contributed by atoms with Gasteiger partial charge in [-0.3, -0.25) is 9.55 Å². The molecular formula is C13H11N3. The molecule has 0 saturated heterocycles. The molecule has 0 radical (unpaired) electrons. The Labute approximate surface area is 93.4 Å². The van der Waals surface area contributed by atoms with Crippen molar-refractivity contribution in [1.29, 1.82) is 0 Å². The summed E-state index contributed by atoms with van der Waals surface area (Å²) >= 11 is 0. The molecule has 3 heteroatoms. The lowest BCUT2D eigenvalue weighted by Crippen LogP contribution is -1.96. The van der Waals surface area contributed by atoms with Crippen LogP contribution in [-0.4, -0.2) is 14.5 Å². The Morgan fingerprint density at radius 2 is 1.75 bits per heavy atom. The van der Waals surface area contributed by atoms with Crippen LogP contribution in [0.2, 0.25) is 0 Å². The summed E-state index contributed by atoms with van der Waals surface area (Å²) in [4.78, 5) is 8.56. The summed E-state index contributed by atoms with van der Waals surface area (Å²) in [6.45, 7) is 2.01. The minimum absolute atomic E-state index is 0.993. The smallest absolute Gasteiger partial charge is 0.111 e. The molecule has 0 aliphatic heterocycles. The van der Waals surface area contributed by atoms with E-state index < -0.39 is 0 Å². The van der Waals surface area contributed by atoms with Crippen LogP contribution < -0.4 is 0 Å². The average molecular weight is 209 g/mol. The van der Waals surface area contributed by atoms with Crippen molar-refractivity contribution in [2.24, 2.45) is 0 Å². The Kier molecular flexibility index (Phi) is 1.96. The fourth-order valence-corrected chi connectivity index (χ4v) is 1.97. The number of nitrogens with zero attached hydrogens (tertiary/aromatic N) is 3. The molecule has 2 aromatic heterocycles. The number of rotatable bonds is 1. The molecule has 0 aliphatic carbocycles. The lowest BCUT2D eigenvalue weighted by atomic mass is 10.3. The van der Waals surface area contributed by atoms with E-state index in [4.69, 9.17) is 0 Å². The Bertz CT molecular complexity index is 626. The predicted octanol–water partition coefficient (Wildman–Crippen LogP) is 2.73. The first-order valence-corrected chi connectivity index (χ1v) is 5.21. The number of imidazole rings is 1. The summed E-state index contributed by atoms with van der Waals surface area (Å²) in [5.74, 6) is 0.993. The van der Waals surface area contributed by atoms with Crippen LogP contribution in [0.3, 0.4) is 0 Å². The number of pyridine rings is 1. The number of hydrogen-bond acceptors (Lipinski definition) is 2. The molecule has 0 unspecified atom stereocenters. The maximum Gasteiger partial charge on any atom is 0.111 e. The van der Waals surface area contributed by atoms with Crippen LogP contribution in [0, 0.1) is 6.92 Å². The maximum atomic E-state index is 4.53. The fourth-order valence-electron chi connectivity index (χ4n) is 1.97. The van der Waals surface area contributed by atoms with E-state index in [0.717, 1.165) is 22.5 Å². The summed E-state index contributed by atoms with van der Waals surface area (Å²) in [7, 11) is 0. The molecule has 0 atom stereocenters. The Balaban J connectivity index is 2.35. The molecule has 0 fully saturated rings. The summed E-state index contributed by atoms with van der Waals surface area (Å²) < 4.78 is 2.14. The van der Waals surface area contributed by atoms with Gasteiger partial charge in [-0.2, -0.15) is 0 Å². The molecule has 0 saturated carbocycles. The molecule has 0 spiro atoms. The minimum Gasteiger partial charge on any atom is -0.296 e. The zero-order valence-corrected chi connectivity index (χ0v) is 8.96. The highest BCUT2D eigenvalue weighted by atomic mass is 15.1. The van der Waals surface area contributed by atoms with Gasteiger partial charge in [0.25, 0.3) is 0 Å². The van der Waals surface area contributed by atoms with Gasteiger partial charge in [0.2, 0.25) is 0 Å². The Hall–Kier alpha value is -2.16. The molecule has 0 bridgehead atoms. The van der Waals surface area contributed by atoms with E-state index >= 15 is 0 Å². The summed E-state index contributed by atoms with van der Waals surface area (Å²) in [5, 5.41) is 0. The quantitative estimate of drug-likeness (QED) is 0.617. The van der Waals surface area contributed by atoms with E-state index in [1.807, 2.05) is 37.3 Å². The molecule has 16 heavy (non-hydrogen) atoms. The molecule has 0 amide bonds. The molecule has 3 aromatic rings. The predicted molar refractivity (Wildman–Crippen MR) is 63.6 cm³/mol. The average Bonchev–Trinajstić information content (AvgIpc) is 2.66.